The zero-order valence-electron chi connectivity index (χ0n) is 9.25. The Hall–Kier alpha value is -1.36. The second kappa shape index (κ2) is 4.25. The summed E-state index contributed by atoms with van der Waals surface area (Å²) in [6, 6.07) is 0. The Bertz CT molecular complexity index is 450. The molecule has 1 aromatic heterocycles. The third-order valence-corrected chi connectivity index (χ3v) is 3.82. The second-order valence-corrected chi connectivity index (χ2v) is 4.65. The Balaban J connectivity index is 2.35. The van der Waals surface area contributed by atoms with Crippen LogP contribution in [0.2, 0.25) is 0 Å². The van der Waals surface area contributed by atoms with Crippen molar-refractivity contribution in [1.82, 2.24) is 0 Å². The maximum atomic E-state index is 11.6. The van der Waals surface area contributed by atoms with Gasteiger partial charge in [-0.2, -0.15) is 0 Å². The van der Waals surface area contributed by atoms with Gasteiger partial charge in [0.2, 0.25) is 5.91 Å². The summed E-state index contributed by atoms with van der Waals surface area (Å²) in [6.45, 7) is 4.05. The average Bonchev–Trinajstić information content (AvgIpc) is 2.56. The molecule has 0 saturated heterocycles. The molecule has 0 bridgehead atoms. The van der Waals surface area contributed by atoms with Crippen LogP contribution >= 0.6 is 11.3 Å². The van der Waals surface area contributed by atoms with Gasteiger partial charge >= 0.3 is 5.97 Å². The standard InChI is InChI=1S/C11H13NO3S/c1-3-15-11(14)9-6(2)7-4-5-8(13)12-10(7)16-9/h3-5H2,1-2H3,(H,12,13). The van der Waals surface area contributed by atoms with E-state index in [1.54, 1.807) is 6.92 Å². The van der Waals surface area contributed by atoms with Gasteiger partial charge in [0.1, 0.15) is 4.88 Å². The number of nitrogens with one attached hydrogen (secondary N) is 1. The predicted octanol–water partition coefficient (Wildman–Crippen LogP) is 2.12. The number of fused-ring (bicyclic) bond motifs is 1. The van der Waals surface area contributed by atoms with Gasteiger partial charge in [-0.3, -0.25) is 4.79 Å². The van der Waals surface area contributed by atoms with Crippen molar-refractivity contribution >= 4 is 28.2 Å². The summed E-state index contributed by atoms with van der Waals surface area (Å²) < 4.78 is 4.97. The van der Waals surface area contributed by atoms with Gasteiger partial charge in [0, 0.05) is 6.42 Å². The van der Waals surface area contributed by atoms with E-state index in [1.165, 1.54) is 11.3 Å². The van der Waals surface area contributed by atoms with Gasteiger partial charge in [0.05, 0.1) is 11.6 Å². The van der Waals surface area contributed by atoms with Crippen LogP contribution in [0.5, 0.6) is 0 Å². The lowest BCUT2D eigenvalue weighted by atomic mass is 10.0. The molecule has 0 radical (unpaired) electrons. The molecule has 1 amide bonds. The lowest BCUT2D eigenvalue weighted by Gasteiger charge is -2.12. The fourth-order valence-electron chi connectivity index (χ4n) is 1.77. The number of ether oxygens (including phenoxy) is 1. The summed E-state index contributed by atoms with van der Waals surface area (Å²) in [7, 11) is 0. The van der Waals surface area contributed by atoms with E-state index in [0.29, 0.717) is 24.3 Å². The SMILES string of the molecule is CCOC(=O)c1sc2c(c1C)CCC(=O)N2. The number of anilines is 1. The highest BCUT2D eigenvalue weighted by molar-refractivity contribution is 7.18. The summed E-state index contributed by atoms with van der Waals surface area (Å²) in [6.07, 6.45) is 1.20. The van der Waals surface area contributed by atoms with Gasteiger partial charge in [0.25, 0.3) is 0 Å². The van der Waals surface area contributed by atoms with Crippen LogP contribution in [0.4, 0.5) is 5.00 Å². The van der Waals surface area contributed by atoms with Crippen LogP contribution in [0.25, 0.3) is 0 Å². The molecule has 0 saturated carbocycles. The fourth-order valence-corrected chi connectivity index (χ4v) is 2.93. The molecular formula is C11H13NO3S. The van der Waals surface area contributed by atoms with Crippen LogP contribution in [-0.4, -0.2) is 18.5 Å². The first-order valence-electron chi connectivity index (χ1n) is 5.22. The third-order valence-electron chi connectivity index (χ3n) is 2.59. The molecule has 0 atom stereocenters. The molecular weight excluding hydrogens is 226 g/mol. The number of amides is 1. The van der Waals surface area contributed by atoms with E-state index in [-0.39, 0.29) is 11.9 Å². The Morgan fingerprint density at radius 2 is 2.25 bits per heavy atom. The van der Waals surface area contributed by atoms with Crippen LogP contribution in [0, 0.1) is 6.92 Å². The molecule has 1 N–H and O–H groups in total. The summed E-state index contributed by atoms with van der Waals surface area (Å²) >= 11 is 1.31. The average molecular weight is 239 g/mol. The summed E-state index contributed by atoms with van der Waals surface area (Å²) in [5, 5.41) is 3.59. The monoisotopic (exact) mass is 239 g/mol. The molecule has 1 aliphatic rings. The van der Waals surface area contributed by atoms with Gasteiger partial charge in [0.15, 0.2) is 0 Å². The number of hydrogen-bond donors (Lipinski definition) is 1. The number of carbonyl (C=O) groups excluding carboxylic acids is 2. The smallest absolute Gasteiger partial charge is 0.348 e. The number of carbonyl (C=O) groups is 2. The number of hydrogen-bond acceptors (Lipinski definition) is 4. The Kier molecular flexibility index (Phi) is 2.96. The molecule has 0 spiro atoms. The molecule has 1 aromatic rings. The molecule has 4 nitrogen and oxygen atoms in total. The van der Waals surface area contributed by atoms with Crippen molar-refractivity contribution in [2.75, 3.05) is 11.9 Å². The highest BCUT2D eigenvalue weighted by Gasteiger charge is 2.25. The Morgan fingerprint density at radius 1 is 1.50 bits per heavy atom. The predicted molar refractivity (Wildman–Crippen MR) is 62.0 cm³/mol. The first-order valence-corrected chi connectivity index (χ1v) is 6.04. The van der Waals surface area contributed by atoms with Gasteiger partial charge in [-0.05, 0) is 31.4 Å². The van der Waals surface area contributed by atoms with E-state index < -0.39 is 0 Å². The van der Waals surface area contributed by atoms with Crippen LogP contribution < -0.4 is 5.32 Å². The molecule has 0 aromatic carbocycles. The van der Waals surface area contributed by atoms with E-state index >= 15 is 0 Å². The maximum absolute atomic E-state index is 11.6. The lowest BCUT2D eigenvalue weighted by Crippen LogP contribution is -2.17. The van der Waals surface area contributed by atoms with Crippen molar-refractivity contribution in [1.29, 1.82) is 0 Å². The number of esters is 1. The lowest BCUT2D eigenvalue weighted by molar-refractivity contribution is -0.116. The molecule has 5 heteroatoms. The van der Waals surface area contributed by atoms with Gasteiger partial charge in [-0.15, -0.1) is 11.3 Å². The highest BCUT2D eigenvalue weighted by atomic mass is 32.1. The molecule has 0 fully saturated rings. The molecule has 16 heavy (non-hydrogen) atoms. The fraction of sp³-hybridized carbons (Fsp3) is 0.455. The van der Waals surface area contributed by atoms with Crippen LogP contribution in [-0.2, 0) is 16.0 Å². The van der Waals surface area contributed by atoms with Gasteiger partial charge in [-0.25, -0.2) is 4.79 Å². The van der Waals surface area contributed by atoms with Crippen molar-refractivity contribution < 1.29 is 14.3 Å². The highest BCUT2D eigenvalue weighted by Crippen LogP contribution is 2.36. The van der Waals surface area contributed by atoms with Crippen LogP contribution in [0.15, 0.2) is 0 Å². The molecule has 0 aliphatic carbocycles. The van der Waals surface area contributed by atoms with E-state index in [2.05, 4.69) is 5.32 Å². The Labute approximate surface area is 97.6 Å². The van der Waals surface area contributed by atoms with Crippen molar-refractivity contribution in [3.8, 4) is 0 Å². The largest absolute Gasteiger partial charge is 0.462 e. The van der Waals surface area contributed by atoms with E-state index in [1.807, 2.05) is 6.92 Å². The van der Waals surface area contributed by atoms with Crippen LogP contribution in [0.1, 0.15) is 34.1 Å². The summed E-state index contributed by atoms with van der Waals surface area (Å²) in [5.41, 5.74) is 2.02. The number of thiophene rings is 1. The summed E-state index contributed by atoms with van der Waals surface area (Å²) in [4.78, 5) is 23.5. The van der Waals surface area contributed by atoms with Crippen molar-refractivity contribution in [2.45, 2.75) is 26.7 Å². The van der Waals surface area contributed by atoms with E-state index in [9.17, 15) is 9.59 Å². The molecule has 2 heterocycles. The molecule has 1 aliphatic heterocycles. The minimum Gasteiger partial charge on any atom is -0.462 e. The van der Waals surface area contributed by atoms with Crippen molar-refractivity contribution in [3.63, 3.8) is 0 Å². The second-order valence-electron chi connectivity index (χ2n) is 3.63. The van der Waals surface area contributed by atoms with Crippen molar-refractivity contribution in [2.24, 2.45) is 0 Å². The zero-order valence-corrected chi connectivity index (χ0v) is 10.1. The van der Waals surface area contributed by atoms with Crippen LogP contribution in [0.3, 0.4) is 0 Å². The third kappa shape index (κ3) is 1.82. The first kappa shape index (κ1) is 11.1. The van der Waals surface area contributed by atoms with Gasteiger partial charge < -0.3 is 10.1 Å². The number of rotatable bonds is 2. The zero-order chi connectivity index (χ0) is 11.7. The summed E-state index contributed by atoms with van der Waals surface area (Å²) in [5.74, 6) is -0.280. The Morgan fingerprint density at radius 3 is 2.94 bits per heavy atom. The molecule has 2 rings (SSSR count). The van der Waals surface area contributed by atoms with E-state index in [4.69, 9.17) is 4.74 Å². The van der Waals surface area contributed by atoms with Crippen molar-refractivity contribution in [3.05, 3.63) is 16.0 Å². The normalized spacial score (nSPS) is 14.2. The quantitative estimate of drug-likeness (QED) is 0.804. The van der Waals surface area contributed by atoms with Gasteiger partial charge in [-0.1, -0.05) is 0 Å². The van der Waals surface area contributed by atoms with E-state index in [0.717, 1.165) is 16.1 Å². The molecule has 0 unspecified atom stereocenters. The minimum absolute atomic E-state index is 0.0177. The maximum Gasteiger partial charge on any atom is 0.348 e. The first-order chi connectivity index (χ1) is 7.63. The minimum atomic E-state index is -0.298. The topological polar surface area (TPSA) is 55.4 Å². The molecule has 86 valence electrons.